The maximum Gasteiger partial charge on any atom is 0.231 e. The second kappa shape index (κ2) is 9.16. The molecule has 2 N–H and O–H groups in total. The summed E-state index contributed by atoms with van der Waals surface area (Å²) in [5.41, 5.74) is 0.789. The smallest absolute Gasteiger partial charge is 0.231 e. The molecule has 3 rings (SSSR count). The number of amides is 3. The van der Waals surface area contributed by atoms with Crippen LogP contribution in [-0.2, 0) is 14.4 Å². The normalized spacial score (nSPS) is 16.5. The Bertz CT molecular complexity index is 856. The predicted molar refractivity (Wildman–Crippen MR) is 109 cm³/mol. The largest absolute Gasteiger partial charge is 0.353 e. The highest BCUT2D eigenvalue weighted by atomic mass is 32.2. The van der Waals surface area contributed by atoms with E-state index in [2.05, 4.69) is 20.8 Å². The van der Waals surface area contributed by atoms with Gasteiger partial charge in [0.15, 0.2) is 4.34 Å². The lowest BCUT2D eigenvalue weighted by Crippen LogP contribution is -2.31. The van der Waals surface area contributed by atoms with Crippen molar-refractivity contribution < 1.29 is 14.4 Å². The molecule has 28 heavy (non-hydrogen) atoms. The third kappa shape index (κ3) is 5.29. The molecule has 0 aliphatic carbocycles. The molecule has 1 aliphatic heterocycles. The average molecular weight is 420 g/mol. The molecule has 3 amide bonds. The van der Waals surface area contributed by atoms with Crippen molar-refractivity contribution in [2.45, 2.75) is 30.6 Å². The van der Waals surface area contributed by atoms with Crippen LogP contribution in [0.3, 0.4) is 0 Å². The standard InChI is InChI=1S/C18H21N5O3S2/c1-11(2)19-14(24)10-27-18-22-21-17(28-18)20-16(26)12-8-15(25)23(9-12)13-6-4-3-5-7-13/h3-7,11-12H,8-10H2,1-2H3,(H,19,24)(H,20,21,26)/t12-/m0/s1. The number of nitrogens with zero attached hydrogens (tertiary/aromatic N) is 3. The van der Waals surface area contributed by atoms with Crippen LogP contribution in [0, 0.1) is 5.92 Å². The number of hydrogen-bond acceptors (Lipinski definition) is 7. The lowest BCUT2D eigenvalue weighted by molar-refractivity contribution is -0.122. The van der Waals surface area contributed by atoms with Crippen molar-refractivity contribution in [3.8, 4) is 0 Å². The molecular weight excluding hydrogens is 398 g/mol. The number of rotatable bonds is 7. The van der Waals surface area contributed by atoms with Gasteiger partial charge in [-0.15, -0.1) is 10.2 Å². The van der Waals surface area contributed by atoms with Crippen LogP contribution in [-0.4, -0.2) is 46.3 Å². The summed E-state index contributed by atoms with van der Waals surface area (Å²) in [5, 5.41) is 13.8. The van der Waals surface area contributed by atoms with Crippen molar-refractivity contribution in [3.63, 3.8) is 0 Å². The molecule has 0 bridgehead atoms. The van der Waals surface area contributed by atoms with Crippen LogP contribution in [0.4, 0.5) is 10.8 Å². The molecule has 2 heterocycles. The summed E-state index contributed by atoms with van der Waals surface area (Å²) in [7, 11) is 0. The van der Waals surface area contributed by atoms with E-state index in [0.29, 0.717) is 16.0 Å². The summed E-state index contributed by atoms with van der Waals surface area (Å²) in [6, 6.07) is 9.38. The van der Waals surface area contributed by atoms with Crippen LogP contribution in [0.1, 0.15) is 20.3 Å². The Morgan fingerprint density at radius 1 is 1.29 bits per heavy atom. The highest BCUT2D eigenvalue weighted by Gasteiger charge is 2.35. The molecule has 1 aliphatic rings. The number of thioether (sulfide) groups is 1. The van der Waals surface area contributed by atoms with Gasteiger partial charge in [0, 0.05) is 24.7 Å². The second-order valence-electron chi connectivity index (χ2n) is 6.61. The zero-order chi connectivity index (χ0) is 20.1. The SMILES string of the molecule is CC(C)NC(=O)CSc1nnc(NC(=O)[C@H]2CC(=O)N(c3ccccc3)C2)s1. The predicted octanol–water partition coefficient (Wildman–Crippen LogP) is 2.15. The number of carbonyl (C=O) groups is 3. The Hall–Kier alpha value is -2.46. The maximum atomic E-state index is 12.5. The van der Waals surface area contributed by atoms with Gasteiger partial charge >= 0.3 is 0 Å². The Kier molecular flexibility index (Phi) is 6.63. The fraction of sp³-hybridized carbons (Fsp3) is 0.389. The van der Waals surface area contributed by atoms with Gasteiger partial charge in [-0.2, -0.15) is 0 Å². The van der Waals surface area contributed by atoms with Crippen molar-refractivity contribution in [3.05, 3.63) is 30.3 Å². The Morgan fingerprint density at radius 2 is 2.04 bits per heavy atom. The van der Waals surface area contributed by atoms with Crippen LogP contribution >= 0.6 is 23.1 Å². The van der Waals surface area contributed by atoms with E-state index in [9.17, 15) is 14.4 Å². The molecule has 1 fully saturated rings. The number of aromatic nitrogens is 2. The van der Waals surface area contributed by atoms with Gasteiger partial charge in [0.05, 0.1) is 11.7 Å². The van der Waals surface area contributed by atoms with E-state index in [1.54, 1.807) is 4.90 Å². The molecule has 2 aromatic rings. The van der Waals surface area contributed by atoms with E-state index in [4.69, 9.17) is 0 Å². The van der Waals surface area contributed by atoms with Crippen molar-refractivity contribution >= 4 is 51.6 Å². The van der Waals surface area contributed by atoms with Gasteiger partial charge in [-0.25, -0.2) is 0 Å². The molecule has 1 atom stereocenters. The van der Waals surface area contributed by atoms with Crippen LogP contribution in [0.15, 0.2) is 34.7 Å². The number of hydrogen-bond donors (Lipinski definition) is 2. The molecule has 148 valence electrons. The Balaban J connectivity index is 1.52. The van der Waals surface area contributed by atoms with Gasteiger partial charge in [-0.1, -0.05) is 41.3 Å². The van der Waals surface area contributed by atoms with Crippen LogP contribution < -0.4 is 15.5 Å². The van der Waals surface area contributed by atoms with Gasteiger partial charge in [0.25, 0.3) is 0 Å². The minimum Gasteiger partial charge on any atom is -0.353 e. The van der Waals surface area contributed by atoms with E-state index < -0.39 is 5.92 Å². The minimum absolute atomic E-state index is 0.0731. The molecular formula is C18H21N5O3S2. The highest BCUT2D eigenvalue weighted by Crippen LogP contribution is 2.28. The molecule has 1 aromatic heterocycles. The summed E-state index contributed by atoms with van der Waals surface area (Å²) in [6.07, 6.45) is 0.163. The molecule has 0 spiro atoms. The van der Waals surface area contributed by atoms with Crippen molar-refractivity contribution in [2.24, 2.45) is 5.92 Å². The summed E-state index contributed by atoms with van der Waals surface area (Å²) in [4.78, 5) is 38.1. The van der Waals surface area contributed by atoms with Gasteiger partial charge in [0.2, 0.25) is 22.9 Å². The minimum atomic E-state index is -0.440. The molecule has 0 saturated carbocycles. The summed E-state index contributed by atoms with van der Waals surface area (Å²) >= 11 is 2.48. The summed E-state index contributed by atoms with van der Waals surface area (Å²) in [5.74, 6) is -0.604. The first-order valence-electron chi connectivity index (χ1n) is 8.84. The van der Waals surface area contributed by atoms with Crippen molar-refractivity contribution in [1.29, 1.82) is 0 Å². The first-order valence-corrected chi connectivity index (χ1v) is 10.6. The number of nitrogens with one attached hydrogen (secondary N) is 2. The summed E-state index contributed by atoms with van der Waals surface area (Å²) in [6.45, 7) is 4.13. The van der Waals surface area contributed by atoms with Gasteiger partial charge in [-0.05, 0) is 26.0 Å². The maximum absolute atomic E-state index is 12.5. The molecule has 10 heteroatoms. The topological polar surface area (TPSA) is 104 Å². The first kappa shape index (κ1) is 20.3. The van der Waals surface area contributed by atoms with Gasteiger partial charge in [0.1, 0.15) is 0 Å². The molecule has 0 unspecified atom stereocenters. The zero-order valence-electron chi connectivity index (χ0n) is 15.5. The van der Waals surface area contributed by atoms with Crippen molar-refractivity contribution in [2.75, 3.05) is 22.5 Å². The average Bonchev–Trinajstić information content (AvgIpc) is 3.26. The Labute approximate surface area is 171 Å². The molecule has 0 radical (unpaired) electrons. The molecule has 1 aromatic carbocycles. The van der Waals surface area contributed by atoms with Gasteiger partial charge in [-0.3, -0.25) is 14.4 Å². The fourth-order valence-corrected chi connectivity index (χ4v) is 4.32. The highest BCUT2D eigenvalue weighted by molar-refractivity contribution is 8.01. The number of para-hydroxylation sites is 1. The van der Waals surface area contributed by atoms with E-state index >= 15 is 0 Å². The quantitative estimate of drug-likeness (QED) is 0.526. The monoisotopic (exact) mass is 419 g/mol. The number of carbonyl (C=O) groups excluding carboxylic acids is 3. The van der Waals surface area contributed by atoms with Gasteiger partial charge < -0.3 is 15.5 Å². The van der Waals surface area contributed by atoms with Crippen molar-refractivity contribution in [1.82, 2.24) is 15.5 Å². The van der Waals surface area contributed by atoms with E-state index in [0.717, 1.165) is 5.69 Å². The second-order valence-corrected chi connectivity index (χ2v) is 8.81. The lowest BCUT2D eigenvalue weighted by atomic mass is 10.1. The lowest BCUT2D eigenvalue weighted by Gasteiger charge is -2.16. The van der Waals surface area contributed by atoms with Crippen LogP contribution in [0.2, 0.25) is 0 Å². The van der Waals surface area contributed by atoms with Crippen LogP contribution in [0.5, 0.6) is 0 Å². The number of anilines is 2. The Morgan fingerprint density at radius 3 is 2.75 bits per heavy atom. The third-order valence-electron chi connectivity index (χ3n) is 3.98. The first-order chi connectivity index (χ1) is 13.4. The zero-order valence-corrected chi connectivity index (χ0v) is 17.2. The van der Waals surface area contributed by atoms with E-state index in [1.165, 1.54) is 23.1 Å². The molecule has 1 saturated heterocycles. The fourth-order valence-electron chi connectivity index (χ4n) is 2.76. The molecule has 8 nitrogen and oxygen atoms in total. The number of benzene rings is 1. The van der Waals surface area contributed by atoms with E-state index in [1.807, 2.05) is 44.2 Å². The third-order valence-corrected chi connectivity index (χ3v) is 5.95. The van der Waals surface area contributed by atoms with Crippen LogP contribution in [0.25, 0.3) is 0 Å². The van der Waals surface area contributed by atoms with E-state index in [-0.39, 0.29) is 35.9 Å². The summed E-state index contributed by atoms with van der Waals surface area (Å²) < 4.78 is 0.600.